The van der Waals surface area contributed by atoms with Gasteiger partial charge in [-0.25, -0.2) is 4.98 Å². The van der Waals surface area contributed by atoms with E-state index in [0.717, 1.165) is 128 Å². The number of nitrogens with one attached hydrogen (secondary N) is 5. The molecule has 11 N–H and O–H groups in total. The lowest BCUT2D eigenvalue weighted by Crippen LogP contribution is -2.79. The molecule has 12 aliphatic rings. The Labute approximate surface area is 563 Å². The second kappa shape index (κ2) is 23.6. The summed E-state index contributed by atoms with van der Waals surface area (Å²) in [6.07, 6.45) is 34.9. The number of aromatic amines is 2. The highest BCUT2D eigenvalue weighted by atomic mass is 16.5. The summed E-state index contributed by atoms with van der Waals surface area (Å²) in [5.41, 5.74) is 11.6. The molecule has 19 rings (SSSR count). The van der Waals surface area contributed by atoms with Gasteiger partial charge in [-0.3, -0.25) is 0 Å². The lowest BCUT2D eigenvalue weighted by atomic mass is 9.30. The van der Waals surface area contributed by atoms with Gasteiger partial charge in [0, 0.05) is 103 Å². The normalized spacial score (nSPS) is 36.4. The molecule has 3 spiro atoms. The number of aromatic hydroxyl groups is 5. The number of allylic oxidation sites excluding steroid dienone is 1. The first kappa shape index (κ1) is 60.8. The molecule has 5 aromatic carbocycles. The minimum absolute atomic E-state index is 0.0290. The van der Waals surface area contributed by atoms with Gasteiger partial charge in [0.2, 0.25) is 0 Å². The molecule has 7 aromatic rings. The van der Waals surface area contributed by atoms with Crippen molar-refractivity contribution >= 4 is 22.9 Å². The summed E-state index contributed by atoms with van der Waals surface area (Å²) < 4.78 is 6.29. The average Bonchev–Trinajstić information content (AvgIpc) is 1.23. The van der Waals surface area contributed by atoms with Gasteiger partial charge in [0.1, 0.15) is 5.75 Å². The van der Waals surface area contributed by atoms with Crippen LogP contribution in [0.4, 0.5) is 0 Å². The maximum Gasteiger partial charge on any atom is 0.169 e. The number of hydrogen-bond acceptors (Lipinski definition) is 11. The number of piperidine rings is 2. The van der Waals surface area contributed by atoms with Crippen molar-refractivity contribution in [2.24, 2.45) is 57.7 Å². The van der Waals surface area contributed by atoms with Crippen molar-refractivity contribution in [3.8, 4) is 40.6 Å². The van der Waals surface area contributed by atoms with Crippen molar-refractivity contribution in [3.63, 3.8) is 0 Å². The Morgan fingerprint density at radius 3 is 2.51 bits per heavy atom. The molecule has 0 amide bonds. The minimum Gasteiger partial charge on any atom is -0.507 e. The third kappa shape index (κ3) is 9.37. The Hall–Kier alpha value is -7.57. The molecule has 4 saturated carbocycles. The van der Waals surface area contributed by atoms with Crippen molar-refractivity contribution in [1.29, 1.82) is 0 Å². The topological polar surface area (TPSA) is 211 Å². The zero-order valence-corrected chi connectivity index (χ0v) is 55.0. The number of aromatic nitrogens is 3. The number of fused-ring (bicyclic) bond motifs is 7. The summed E-state index contributed by atoms with van der Waals surface area (Å²) >= 11 is 0. The lowest BCUT2D eigenvalue weighted by Gasteiger charge is -2.75. The van der Waals surface area contributed by atoms with Crippen molar-refractivity contribution in [1.82, 2.24) is 30.9 Å². The number of imidazole rings is 1. The highest BCUT2D eigenvalue weighted by Gasteiger charge is 2.80. The Morgan fingerprint density at radius 1 is 0.760 bits per heavy atom. The van der Waals surface area contributed by atoms with Gasteiger partial charge >= 0.3 is 0 Å². The van der Waals surface area contributed by atoms with Crippen LogP contribution in [-0.4, -0.2) is 96.1 Å². The molecular weight excluding hydrogens is 1190 g/mol. The number of benzene rings is 5. The molecule has 496 valence electrons. The Balaban J connectivity index is 0.785. The molecule has 13 nitrogen and oxygen atoms in total. The van der Waals surface area contributed by atoms with E-state index in [1.165, 1.54) is 63.8 Å². The van der Waals surface area contributed by atoms with E-state index in [0.29, 0.717) is 64.5 Å². The van der Waals surface area contributed by atoms with E-state index < -0.39 is 11.5 Å². The summed E-state index contributed by atoms with van der Waals surface area (Å²) in [5, 5.41) is 82.8. The number of aliphatic hydroxyl groups excluding tert-OH is 1. The van der Waals surface area contributed by atoms with Crippen LogP contribution in [0.15, 0.2) is 134 Å². The highest BCUT2D eigenvalue weighted by molar-refractivity contribution is 6.03. The first-order chi connectivity index (χ1) is 46.9. The van der Waals surface area contributed by atoms with Crippen molar-refractivity contribution in [2.45, 2.75) is 163 Å². The summed E-state index contributed by atoms with van der Waals surface area (Å²) in [5.74, 6) is 10.0. The second-order valence-electron chi connectivity index (χ2n) is 31.6. The molecule has 2 aromatic heterocycles. The molecule has 96 heavy (non-hydrogen) atoms. The monoisotopic (exact) mass is 1280 g/mol. The van der Waals surface area contributed by atoms with Crippen molar-refractivity contribution in [2.75, 3.05) is 26.3 Å². The molecule has 18 atom stereocenters. The number of ether oxygens (including phenoxy) is 1. The number of aryl methyl sites for hydroxylation is 1. The first-order valence-electron chi connectivity index (χ1n) is 36.5. The SMILES string of the molecule is Oc1ccc(C=Cc2c(CCc3ccc(C4CC56CC7NC(C5)C(c5ccccc5)C=C7CNCCc5c[nH]c7c5C(CC#CC5CCC8CC6C(N4)C4(c6cnc[nH]6)C6C(O)C=CC9CCCC96CCC584)CC4COCCC4C7)cc3)c(O)c(O)c3c(O)cccc23)cc1O. The van der Waals surface area contributed by atoms with Gasteiger partial charge in [-0.05, 0) is 229 Å². The smallest absolute Gasteiger partial charge is 0.169 e. The molecule has 6 aliphatic carbocycles. The third-order valence-electron chi connectivity index (χ3n) is 27.7. The van der Waals surface area contributed by atoms with E-state index in [9.17, 15) is 30.6 Å². The van der Waals surface area contributed by atoms with Gasteiger partial charge < -0.3 is 61.3 Å². The van der Waals surface area contributed by atoms with Gasteiger partial charge in [-0.2, -0.15) is 0 Å². The van der Waals surface area contributed by atoms with Gasteiger partial charge in [0.25, 0.3) is 0 Å². The molecule has 0 radical (unpaired) electrons. The van der Waals surface area contributed by atoms with Crippen molar-refractivity contribution in [3.05, 3.63) is 189 Å². The van der Waals surface area contributed by atoms with Gasteiger partial charge in [-0.15, -0.1) is 5.92 Å². The quantitative estimate of drug-likeness (QED) is 0.0298. The van der Waals surface area contributed by atoms with Gasteiger partial charge in [0.15, 0.2) is 23.0 Å². The Morgan fingerprint density at radius 2 is 1.65 bits per heavy atom. The summed E-state index contributed by atoms with van der Waals surface area (Å²) in [4.78, 5) is 13.0. The van der Waals surface area contributed by atoms with Crippen LogP contribution in [0, 0.1) is 69.5 Å². The maximum atomic E-state index is 13.7. The third-order valence-corrected chi connectivity index (χ3v) is 27.7. The standard InChI is InChI=1S/C83H92N6O7/c90-69-26-18-49(35-72(69)93)17-24-60-61-12-5-13-70(91)75(61)77(95)76(94)62(60)25-16-48-14-19-51(20-15-48)66-40-80-41-67-55(37-63(68(42-80)88-67)50-7-2-1-3-8-50)43-84-33-28-54-44-86-65-38-52-29-34-96-46-56(52)36-53(74(54)65)9-4-10-58-21-22-59-39-64(80)79(89-66)83(73-45-85-47-87-73)78-71(92)27-23-57-11-6-30-81(57,78)31-32-82(58,59)83/h1-3,5,7-8,12-15,17-20,23-24,26-27,35,37,44-45,47,52-53,56-59,63-64,66-68,71,78-79,84,86,88-95H,6,9,11,16,21-22,25,28-34,36,38-43,46H2,(H,85,87). The molecule has 8 heterocycles. The number of nitrogens with zero attached hydrogens (tertiary/aromatic N) is 1. The van der Waals surface area contributed by atoms with Gasteiger partial charge in [-0.1, -0.05) is 116 Å². The number of rotatable bonds is 8. The van der Waals surface area contributed by atoms with Crippen LogP contribution in [0.5, 0.6) is 28.7 Å². The lowest BCUT2D eigenvalue weighted by molar-refractivity contribution is -0.225. The van der Waals surface area contributed by atoms with Crippen LogP contribution in [0.25, 0.3) is 22.9 Å². The molecule has 6 aliphatic heterocycles. The van der Waals surface area contributed by atoms with E-state index in [1.807, 2.05) is 18.5 Å². The van der Waals surface area contributed by atoms with E-state index in [2.05, 4.69) is 118 Å². The number of H-pyrrole nitrogens is 2. The van der Waals surface area contributed by atoms with Gasteiger partial charge in [0.05, 0.1) is 17.8 Å². The summed E-state index contributed by atoms with van der Waals surface area (Å²) in [7, 11) is 0. The van der Waals surface area contributed by atoms with Crippen LogP contribution in [0.1, 0.15) is 164 Å². The maximum absolute atomic E-state index is 13.7. The number of hydrogen-bond donors (Lipinski definition) is 11. The van der Waals surface area contributed by atoms with E-state index in [-0.39, 0.29) is 98.2 Å². The van der Waals surface area contributed by atoms with Crippen LogP contribution in [0.3, 0.4) is 0 Å². The number of aliphatic hydroxyl groups is 1. The van der Waals surface area contributed by atoms with E-state index in [1.54, 1.807) is 18.2 Å². The molecule has 7 fully saturated rings. The Bertz CT molecular complexity index is 4300. The van der Waals surface area contributed by atoms with Crippen LogP contribution in [0.2, 0.25) is 0 Å². The largest absolute Gasteiger partial charge is 0.507 e. The van der Waals surface area contributed by atoms with Crippen molar-refractivity contribution < 1.29 is 35.4 Å². The van der Waals surface area contributed by atoms with Crippen LogP contribution in [-0.2, 0) is 35.8 Å². The fourth-order valence-corrected chi connectivity index (χ4v) is 23.9. The highest BCUT2D eigenvalue weighted by Crippen LogP contribution is 2.80. The molecular formula is C83H92N6O7. The predicted molar refractivity (Wildman–Crippen MR) is 373 cm³/mol. The summed E-state index contributed by atoms with van der Waals surface area (Å²) in [6.45, 7) is 3.39. The molecule has 18 unspecified atom stereocenters. The fraction of sp³-hybridized carbons (Fsp3) is 0.482. The predicted octanol–water partition coefficient (Wildman–Crippen LogP) is 13.6. The minimum atomic E-state index is -0.642. The second-order valence-corrected chi connectivity index (χ2v) is 31.6. The number of phenolic OH excluding ortho intramolecular Hbond substituents is 5. The first-order valence-corrected chi connectivity index (χ1v) is 36.5. The zero-order chi connectivity index (χ0) is 64.7. The van der Waals surface area contributed by atoms with E-state index in [4.69, 9.17) is 15.0 Å². The zero-order valence-electron chi connectivity index (χ0n) is 55.0. The van der Waals surface area contributed by atoms with Crippen LogP contribution < -0.4 is 16.0 Å². The number of phenols is 5. The molecule has 3 saturated heterocycles. The fourth-order valence-electron chi connectivity index (χ4n) is 23.9. The average molecular weight is 1290 g/mol. The van der Waals surface area contributed by atoms with Crippen LogP contribution >= 0.6 is 0 Å². The molecule has 8 bridgehead atoms. The summed E-state index contributed by atoms with van der Waals surface area (Å²) in [6, 6.07) is 30.6. The Kier molecular flexibility index (Phi) is 14.9. The molecule has 13 heteroatoms. The van der Waals surface area contributed by atoms with E-state index >= 15 is 0 Å².